The molecule has 0 aliphatic heterocycles. The Hall–Kier alpha value is -2.31. The zero-order valence-corrected chi connectivity index (χ0v) is 17.9. The first-order valence-electron chi connectivity index (χ1n) is 10.2. The molecule has 4 rings (SSSR count). The largest absolute Gasteiger partial charge is 0.390 e. The predicted octanol–water partition coefficient (Wildman–Crippen LogP) is 0.879. The van der Waals surface area contributed by atoms with Crippen LogP contribution < -0.4 is 15.8 Å². The molecule has 168 valence electrons. The summed E-state index contributed by atoms with van der Waals surface area (Å²) >= 11 is 0. The Balaban J connectivity index is 1.41. The van der Waals surface area contributed by atoms with Gasteiger partial charge in [0, 0.05) is 12.1 Å². The molecular formula is C20H27N5O5S. The van der Waals surface area contributed by atoms with Gasteiger partial charge in [-0.05, 0) is 36.0 Å². The van der Waals surface area contributed by atoms with E-state index in [9.17, 15) is 18.6 Å². The van der Waals surface area contributed by atoms with E-state index in [0.717, 1.165) is 6.42 Å². The zero-order valence-electron chi connectivity index (χ0n) is 17.0. The highest BCUT2D eigenvalue weighted by atomic mass is 32.2. The van der Waals surface area contributed by atoms with Crippen molar-refractivity contribution < 1.29 is 22.8 Å². The normalized spacial score (nSPS) is 30.2. The molecule has 0 bridgehead atoms. The van der Waals surface area contributed by atoms with Crippen LogP contribution in [-0.2, 0) is 14.5 Å². The van der Waals surface area contributed by atoms with Gasteiger partial charge in [0.1, 0.15) is 11.9 Å². The van der Waals surface area contributed by atoms with Gasteiger partial charge in [-0.25, -0.2) is 10.1 Å². The van der Waals surface area contributed by atoms with Crippen molar-refractivity contribution in [1.82, 2.24) is 9.97 Å². The molecule has 6 atom stereocenters. The minimum absolute atomic E-state index is 0.111. The molecule has 0 saturated heterocycles. The molecule has 1 aromatic heterocycles. The maximum absolute atomic E-state index is 11.0. The Labute approximate surface area is 181 Å². The van der Waals surface area contributed by atoms with Crippen LogP contribution >= 0.6 is 0 Å². The van der Waals surface area contributed by atoms with E-state index < -0.39 is 34.5 Å². The highest BCUT2D eigenvalue weighted by molar-refractivity contribution is 7.84. The molecule has 1 aromatic carbocycles. The van der Waals surface area contributed by atoms with E-state index in [1.807, 2.05) is 12.1 Å². The third-order valence-electron chi connectivity index (χ3n) is 6.03. The molecule has 3 unspecified atom stereocenters. The number of aromatic nitrogens is 2. The SMILES string of the molecule is CC1CC(Nc2nccc(NC3C[C@H](COS(N)(=O)=O)[C@@H](O)[C@H]3O)n2)c2ccccc21. The average molecular weight is 450 g/mol. The summed E-state index contributed by atoms with van der Waals surface area (Å²) < 4.78 is 26.6. The lowest BCUT2D eigenvalue weighted by Crippen LogP contribution is -2.36. The molecule has 10 nitrogen and oxygen atoms in total. The number of fused-ring (bicyclic) bond motifs is 1. The summed E-state index contributed by atoms with van der Waals surface area (Å²) in [5.41, 5.74) is 2.56. The molecule has 6 N–H and O–H groups in total. The Kier molecular flexibility index (Phi) is 6.13. The fourth-order valence-electron chi connectivity index (χ4n) is 4.49. The van der Waals surface area contributed by atoms with E-state index in [1.54, 1.807) is 12.3 Å². The van der Waals surface area contributed by atoms with Crippen molar-refractivity contribution in [2.24, 2.45) is 11.1 Å². The van der Waals surface area contributed by atoms with Gasteiger partial charge in [-0.2, -0.15) is 13.4 Å². The Bertz CT molecular complexity index is 1040. The van der Waals surface area contributed by atoms with E-state index in [-0.39, 0.29) is 19.1 Å². The van der Waals surface area contributed by atoms with Crippen LogP contribution in [-0.4, -0.2) is 53.5 Å². The lowest BCUT2D eigenvalue weighted by atomic mass is 10.0. The zero-order chi connectivity index (χ0) is 22.2. The second-order valence-corrected chi connectivity index (χ2v) is 9.45. The van der Waals surface area contributed by atoms with Crippen LogP contribution in [0.15, 0.2) is 36.5 Å². The smallest absolute Gasteiger partial charge is 0.333 e. The van der Waals surface area contributed by atoms with Crippen molar-refractivity contribution in [1.29, 1.82) is 0 Å². The maximum atomic E-state index is 11.0. The predicted molar refractivity (Wildman–Crippen MR) is 114 cm³/mol. The first kappa shape index (κ1) is 21.9. The number of rotatable bonds is 7. The summed E-state index contributed by atoms with van der Waals surface area (Å²) in [7, 11) is -4.11. The Morgan fingerprint density at radius 2 is 1.87 bits per heavy atom. The van der Waals surface area contributed by atoms with Crippen LogP contribution in [0.4, 0.5) is 11.8 Å². The molecule has 0 amide bonds. The molecule has 2 aliphatic carbocycles. The summed E-state index contributed by atoms with van der Waals surface area (Å²) in [6, 6.07) is 9.57. The standard InChI is InChI=1S/C20H27N5O5S/c1-11-8-15(14-5-3-2-4-13(11)14)24-20-22-7-6-17(25-20)23-16-9-12(18(26)19(16)27)10-30-31(21,28)29/h2-7,11-12,15-16,18-19,26-27H,8-10H2,1H3,(H2,21,28,29)(H2,22,23,24,25)/t11?,12-,15?,16?,18-,19+/m1/s1. The molecule has 1 saturated carbocycles. The summed E-state index contributed by atoms with van der Waals surface area (Å²) in [6.45, 7) is 1.90. The number of nitrogens with one attached hydrogen (secondary N) is 2. The van der Waals surface area contributed by atoms with Crippen molar-refractivity contribution in [3.05, 3.63) is 47.7 Å². The number of anilines is 2. The average Bonchev–Trinajstić information content (AvgIpc) is 3.18. The van der Waals surface area contributed by atoms with E-state index >= 15 is 0 Å². The molecule has 11 heteroatoms. The van der Waals surface area contributed by atoms with Gasteiger partial charge in [0.05, 0.1) is 24.8 Å². The van der Waals surface area contributed by atoms with Gasteiger partial charge >= 0.3 is 10.3 Å². The van der Waals surface area contributed by atoms with Crippen LogP contribution in [0.5, 0.6) is 0 Å². The van der Waals surface area contributed by atoms with Gasteiger partial charge in [-0.15, -0.1) is 0 Å². The van der Waals surface area contributed by atoms with Gasteiger partial charge in [-0.3, -0.25) is 4.18 Å². The molecule has 2 aliphatic rings. The fraction of sp³-hybridized carbons (Fsp3) is 0.500. The fourth-order valence-corrected chi connectivity index (χ4v) is 4.86. The molecule has 1 fully saturated rings. The van der Waals surface area contributed by atoms with Crippen molar-refractivity contribution in [2.75, 3.05) is 17.2 Å². The number of benzene rings is 1. The lowest BCUT2D eigenvalue weighted by molar-refractivity contribution is 0.00778. The van der Waals surface area contributed by atoms with Gasteiger partial charge in [0.25, 0.3) is 0 Å². The van der Waals surface area contributed by atoms with Gasteiger partial charge < -0.3 is 20.8 Å². The second kappa shape index (κ2) is 8.67. The molecule has 2 aromatic rings. The summed E-state index contributed by atoms with van der Waals surface area (Å²) in [5, 5.41) is 31.9. The van der Waals surface area contributed by atoms with Crippen LogP contribution in [0.1, 0.15) is 42.9 Å². The van der Waals surface area contributed by atoms with Gasteiger partial charge in [-0.1, -0.05) is 31.2 Å². The summed E-state index contributed by atoms with van der Waals surface area (Å²) in [6.07, 6.45) is 0.595. The number of aliphatic hydroxyl groups excluding tert-OH is 2. The number of nitrogens with two attached hydrogens (primary N) is 1. The van der Waals surface area contributed by atoms with Crippen LogP contribution in [0, 0.1) is 5.92 Å². The second-order valence-electron chi connectivity index (χ2n) is 8.23. The van der Waals surface area contributed by atoms with Crippen molar-refractivity contribution in [3.63, 3.8) is 0 Å². The lowest BCUT2D eigenvalue weighted by Gasteiger charge is -2.19. The van der Waals surface area contributed by atoms with Crippen molar-refractivity contribution in [3.8, 4) is 0 Å². The first-order chi connectivity index (χ1) is 14.7. The topological polar surface area (TPSA) is 160 Å². The number of aliphatic hydroxyl groups is 2. The third-order valence-corrected chi connectivity index (χ3v) is 6.50. The van der Waals surface area contributed by atoms with Crippen LogP contribution in [0.2, 0.25) is 0 Å². The highest BCUT2D eigenvalue weighted by Gasteiger charge is 2.42. The summed E-state index contributed by atoms with van der Waals surface area (Å²) in [4.78, 5) is 8.80. The quantitative estimate of drug-likeness (QED) is 0.413. The molecule has 31 heavy (non-hydrogen) atoms. The molecule has 0 spiro atoms. The van der Waals surface area contributed by atoms with Crippen molar-refractivity contribution in [2.45, 2.75) is 50.0 Å². The first-order valence-corrected chi connectivity index (χ1v) is 11.7. The Morgan fingerprint density at radius 1 is 1.13 bits per heavy atom. The van der Waals surface area contributed by atoms with Gasteiger partial charge in [0.2, 0.25) is 5.95 Å². The van der Waals surface area contributed by atoms with E-state index in [2.05, 4.69) is 43.8 Å². The minimum atomic E-state index is -4.11. The van der Waals surface area contributed by atoms with Crippen molar-refractivity contribution >= 4 is 22.1 Å². The minimum Gasteiger partial charge on any atom is -0.390 e. The molecule has 1 heterocycles. The highest BCUT2D eigenvalue weighted by Crippen LogP contribution is 2.41. The molecular weight excluding hydrogens is 422 g/mol. The van der Waals surface area contributed by atoms with Crippen LogP contribution in [0.3, 0.4) is 0 Å². The monoisotopic (exact) mass is 449 g/mol. The maximum Gasteiger partial charge on any atom is 0.333 e. The third kappa shape index (κ3) is 4.96. The van der Waals surface area contributed by atoms with Crippen LogP contribution in [0.25, 0.3) is 0 Å². The number of nitrogens with zero attached hydrogens (tertiary/aromatic N) is 2. The molecule has 0 radical (unpaired) electrons. The summed E-state index contributed by atoms with van der Waals surface area (Å²) in [5.74, 6) is 0.811. The van der Waals surface area contributed by atoms with E-state index in [0.29, 0.717) is 17.7 Å². The van der Waals surface area contributed by atoms with E-state index in [4.69, 9.17) is 5.14 Å². The van der Waals surface area contributed by atoms with Gasteiger partial charge in [0.15, 0.2) is 0 Å². The number of hydrogen-bond acceptors (Lipinski definition) is 9. The van der Waals surface area contributed by atoms with E-state index in [1.165, 1.54) is 11.1 Å². The Morgan fingerprint density at radius 3 is 2.61 bits per heavy atom. The number of hydrogen-bond donors (Lipinski definition) is 5.